The van der Waals surface area contributed by atoms with E-state index in [9.17, 15) is 0 Å². The van der Waals surface area contributed by atoms with Gasteiger partial charge in [0.1, 0.15) is 0 Å². The number of hydrogen-bond acceptors (Lipinski definition) is 3. The van der Waals surface area contributed by atoms with Crippen molar-refractivity contribution in [1.29, 1.82) is 0 Å². The third-order valence-corrected chi connectivity index (χ3v) is 3.11. The first-order valence-electron chi connectivity index (χ1n) is 6.85. The molecule has 0 aliphatic carbocycles. The summed E-state index contributed by atoms with van der Waals surface area (Å²) in [6, 6.07) is 0. The first-order valence-corrected chi connectivity index (χ1v) is 6.85. The van der Waals surface area contributed by atoms with Crippen molar-refractivity contribution in [2.75, 3.05) is 19.7 Å². The monoisotopic (exact) mass is 253 g/mol. The zero-order chi connectivity index (χ0) is 13.6. The molecule has 4 nitrogen and oxygen atoms in total. The predicted molar refractivity (Wildman–Crippen MR) is 74.6 cm³/mol. The molecule has 0 aliphatic rings. The minimum Gasteiger partial charge on any atom is -0.395 e. The summed E-state index contributed by atoms with van der Waals surface area (Å²) >= 11 is 0. The van der Waals surface area contributed by atoms with E-state index in [1.54, 1.807) is 0 Å². The number of aromatic nitrogens is 2. The van der Waals surface area contributed by atoms with Gasteiger partial charge >= 0.3 is 0 Å². The summed E-state index contributed by atoms with van der Waals surface area (Å²) in [5, 5.41) is 16.4. The molecule has 4 heteroatoms. The normalized spacial score (nSPS) is 12.3. The standard InChI is InChI=1S/C14H27N3O/c1-5-6-7-17(8-9-18)11-12-10-15-16-13(12)14(2,3)4/h10,18H,5-9,11H2,1-4H3,(H,15,16). The van der Waals surface area contributed by atoms with Crippen molar-refractivity contribution in [2.24, 2.45) is 0 Å². The SMILES string of the molecule is CCCCN(CCO)Cc1cn[nH]c1C(C)(C)C. The largest absolute Gasteiger partial charge is 0.395 e. The third-order valence-electron chi connectivity index (χ3n) is 3.11. The Kier molecular flexibility index (Phi) is 5.82. The zero-order valence-corrected chi connectivity index (χ0v) is 12.2. The Morgan fingerprint density at radius 3 is 2.61 bits per heavy atom. The molecule has 1 aromatic rings. The third kappa shape index (κ3) is 4.42. The highest BCUT2D eigenvalue weighted by molar-refractivity contribution is 5.23. The van der Waals surface area contributed by atoms with Crippen LogP contribution < -0.4 is 0 Å². The molecule has 18 heavy (non-hydrogen) atoms. The van der Waals surface area contributed by atoms with Gasteiger partial charge in [-0.1, -0.05) is 34.1 Å². The fraction of sp³-hybridized carbons (Fsp3) is 0.786. The second-order valence-corrected chi connectivity index (χ2v) is 5.87. The number of aromatic amines is 1. The van der Waals surface area contributed by atoms with Crippen LogP contribution in [-0.4, -0.2) is 39.9 Å². The Morgan fingerprint density at radius 1 is 1.33 bits per heavy atom. The quantitative estimate of drug-likeness (QED) is 0.784. The summed E-state index contributed by atoms with van der Waals surface area (Å²) in [4.78, 5) is 2.30. The molecule has 0 radical (unpaired) electrons. The number of hydrogen-bond donors (Lipinski definition) is 2. The summed E-state index contributed by atoms with van der Waals surface area (Å²) < 4.78 is 0. The smallest absolute Gasteiger partial charge is 0.0558 e. The Bertz CT molecular complexity index is 341. The van der Waals surface area contributed by atoms with Crippen molar-refractivity contribution in [3.8, 4) is 0 Å². The molecule has 0 aliphatic heterocycles. The van der Waals surface area contributed by atoms with E-state index in [0.717, 1.165) is 19.6 Å². The van der Waals surface area contributed by atoms with E-state index >= 15 is 0 Å². The highest BCUT2D eigenvalue weighted by Crippen LogP contribution is 2.24. The van der Waals surface area contributed by atoms with Gasteiger partial charge in [-0.3, -0.25) is 10.00 Å². The summed E-state index contributed by atoms with van der Waals surface area (Å²) in [5.41, 5.74) is 2.52. The lowest BCUT2D eigenvalue weighted by Crippen LogP contribution is -2.28. The van der Waals surface area contributed by atoms with E-state index < -0.39 is 0 Å². The molecule has 1 aromatic heterocycles. The van der Waals surface area contributed by atoms with Crippen LogP contribution in [0, 0.1) is 0 Å². The average molecular weight is 253 g/mol. The number of H-pyrrole nitrogens is 1. The van der Waals surface area contributed by atoms with Crippen molar-refractivity contribution >= 4 is 0 Å². The Hall–Kier alpha value is -0.870. The highest BCUT2D eigenvalue weighted by Gasteiger charge is 2.21. The summed E-state index contributed by atoms with van der Waals surface area (Å²) in [5.74, 6) is 0. The van der Waals surface area contributed by atoms with Gasteiger partial charge in [0.05, 0.1) is 12.8 Å². The van der Waals surface area contributed by atoms with Gasteiger partial charge in [-0.2, -0.15) is 5.10 Å². The van der Waals surface area contributed by atoms with E-state index in [2.05, 4.69) is 42.8 Å². The van der Waals surface area contributed by atoms with Crippen molar-refractivity contribution < 1.29 is 5.11 Å². The lowest BCUT2D eigenvalue weighted by atomic mass is 9.89. The molecule has 0 saturated heterocycles. The number of unbranched alkanes of at least 4 members (excludes halogenated alkanes) is 1. The fourth-order valence-corrected chi connectivity index (χ4v) is 2.11. The maximum Gasteiger partial charge on any atom is 0.0558 e. The molecule has 0 fully saturated rings. The summed E-state index contributed by atoms with van der Waals surface area (Å²) in [6.07, 6.45) is 4.26. The molecule has 104 valence electrons. The second kappa shape index (κ2) is 6.90. The average Bonchev–Trinajstić information content (AvgIpc) is 2.74. The topological polar surface area (TPSA) is 52.1 Å². The van der Waals surface area contributed by atoms with Gasteiger partial charge < -0.3 is 5.11 Å². The van der Waals surface area contributed by atoms with E-state index in [4.69, 9.17) is 5.11 Å². The van der Waals surface area contributed by atoms with Crippen LogP contribution in [0.2, 0.25) is 0 Å². The minimum absolute atomic E-state index is 0.0848. The van der Waals surface area contributed by atoms with E-state index in [-0.39, 0.29) is 12.0 Å². The Labute approximate surface area is 110 Å². The lowest BCUT2D eigenvalue weighted by molar-refractivity contribution is 0.187. The second-order valence-electron chi connectivity index (χ2n) is 5.87. The fourth-order valence-electron chi connectivity index (χ4n) is 2.11. The van der Waals surface area contributed by atoms with Gasteiger partial charge in [0.2, 0.25) is 0 Å². The van der Waals surface area contributed by atoms with Crippen molar-refractivity contribution in [1.82, 2.24) is 15.1 Å². The molecular weight excluding hydrogens is 226 g/mol. The van der Waals surface area contributed by atoms with Crippen LogP contribution in [0.5, 0.6) is 0 Å². The van der Waals surface area contributed by atoms with Crippen LogP contribution in [0.4, 0.5) is 0 Å². The highest BCUT2D eigenvalue weighted by atomic mass is 16.3. The first-order chi connectivity index (χ1) is 8.49. The number of rotatable bonds is 7. The number of nitrogens with zero attached hydrogens (tertiary/aromatic N) is 2. The van der Waals surface area contributed by atoms with Crippen molar-refractivity contribution in [3.63, 3.8) is 0 Å². The van der Waals surface area contributed by atoms with Crippen molar-refractivity contribution in [3.05, 3.63) is 17.5 Å². The molecule has 2 N–H and O–H groups in total. The summed E-state index contributed by atoms with van der Waals surface area (Å²) in [6.45, 7) is 11.6. The van der Waals surface area contributed by atoms with Crippen LogP contribution in [0.3, 0.4) is 0 Å². The molecule has 0 atom stereocenters. The first kappa shape index (κ1) is 15.2. The number of aliphatic hydroxyl groups excluding tert-OH is 1. The minimum atomic E-state index is 0.0848. The van der Waals surface area contributed by atoms with Crippen LogP contribution >= 0.6 is 0 Å². The maximum absolute atomic E-state index is 9.13. The molecule has 0 aromatic carbocycles. The van der Waals surface area contributed by atoms with Crippen molar-refractivity contribution in [2.45, 2.75) is 52.5 Å². The number of aliphatic hydroxyl groups is 1. The molecular formula is C14H27N3O. The molecule has 0 spiro atoms. The molecule has 1 heterocycles. The van der Waals surface area contributed by atoms with Gasteiger partial charge in [-0.15, -0.1) is 0 Å². The van der Waals surface area contributed by atoms with E-state index in [1.165, 1.54) is 24.1 Å². The van der Waals surface area contributed by atoms with E-state index in [1.807, 2.05) is 6.20 Å². The van der Waals surface area contributed by atoms with Crippen LogP contribution in [-0.2, 0) is 12.0 Å². The summed E-state index contributed by atoms with van der Waals surface area (Å²) in [7, 11) is 0. The number of nitrogens with one attached hydrogen (secondary N) is 1. The Morgan fingerprint density at radius 2 is 2.06 bits per heavy atom. The van der Waals surface area contributed by atoms with Crippen LogP contribution in [0.25, 0.3) is 0 Å². The molecule has 0 amide bonds. The Balaban J connectivity index is 2.71. The maximum atomic E-state index is 9.13. The molecule has 0 unspecified atom stereocenters. The van der Waals surface area contributed by atoms with E-state index in [0.29, 0.717) is 0 Å². The van der Waals surface area contributed by atoms with Gasteiger partial charge in [0.15, 0.2) is 0 Å². The van der Waals surface area contributed by atoms with Gasteiger partial charge in [0, 0.05) is 29.8 Å². The lowest BCUT2D eigenvalue weighted by Gasteiger charge is -2.24. The van der Waals surface area contributed by atoms with Gasteiger partial charge in [-0.25, -0.2) is 0 Å². The molecule has 0 bridgehead atoms. The van der Waals surface area contributed by atoms with Gasteiger partial charge in [0.25, 0.3) is 0 Å². The molecule has 0 saturated carbocycles. The van der Waals surface area contributed by atoms with Crippen LogP contribution in [0.1, 0.15) is 51.8 Å². The van der Waals surface area contributed by atoms with Gasteiger partial charge in [-0.05, 0) is 13.0 Å². The predicted octanol–water partition coefficient (Wildman–Crippen LogP) is 2.30. The zero-order valence-electron chi connectivity index (χ0n) is 12.2. The van der Waals surface area contributed by atoms with Crippen LogP contribution in [0.15, 0.2) is 6.20 Å². The molecule has 1 rings (SSSR count).